The molecule has 0 bridgehead atoms. The second-order valence-electron chi connectivity index (χ2n) is 8.86. The fraction of sp³-hybridized carbons (Fsp3) is 0.400. The number of morpholine rings is 1. The molecular weight excluding hydrogens is 456 g/mol. The number of ether oxygens (including phenoxy) is 1. The molecule has 1 aliphatic rings. The minimum absolute atomic E-state index is 0.0346. The molecule has 2 aromatic heterocycles. The lowest BCUT2D eigenvalue weighted by atomic mass is 10.1. The maximum absolute atomic E-state index is 13.9. The smallest absolute Gasteiger partial charge is 0.272 e. The maximum Gasteiger partial charge on any atom is 0.272 e. The minimum atomic E-state index is -0.706. The topological polar surface area (TPSA) is 96.0 Å². The van der Waals surface area contributed by atoms with E-state index >= 15 is 0 Å². The summed E-state index contributed by atoms with van der Waals surface area (Å²) in [4.78, 5) is 37.1. The molecule has 0 atom stereocenters. The quantitative estimate of drug-likeness (QED) is 0.522. The summed E-state index contributed by atoms with van der Waals surface area (Å²) in [5, 5.41) is -0.137. The lowest BCUT2D eigenvalue weighted by Crippen LogP contribution is -2.46. The molecule has 1 saturated heterocycles. The monoisotopic (exact) mass is 485 g/mol. The van der Waals surface area contributed by atoms with Crippen LogP contribution in [0.25, 0.3) is 12.2 Å². The van der Waals surface area contributed by atoms with Gasteiger partial charge in [-0.05, 0) is 42.7 Å². The van der Waals surface area contributed by atoms with Crippen LogP contribution in [-0.2, 0) is 11.3 Å². The number of hydrogen-bond donors (Lipinski definition) is 2. The fourth-order valence-corrected chi connectivity index (χ4v) is 4.23. The van der Waals surface area contributed by atoms with Gasteiger partial charge in [0, 0.05) is 37.4 Å². The molecule has 3 aromatic rings. The van der Waals surface area contributed by atoms with E-state index in [4.69, 9.17) is 4.74 Å². The molecule has 0 radical (unpaired) electrons. The zero-order chi connectivity index (χ0) is 24.9. The van der Waals surface area contributed by atoms with Crippen LogP contribution in [0.4, 0.5) is 8.78 Å². The van der Waals surface area contributed by atoms with E-state index in [-0.39, 0.29) is 22.2 Å². The van der Waals surface area contributed by atoms with E-state index in [0.717, 1.165) is 75.8 Å². The van der Waals surface area contributed by atoms with Crippen molar-refractivity contribution in [1.29, 1.82) is 0 Å². The van der Waals surface area contributed by atoms with Crippen molar-refractivity contribution in [2.24, 2.45) is 0 Å². The molecular formula is C25H29F2N5O3. The number of H-pyrrole nitrogens is 2. The van der Waals surface area contributed by atoms with Crippen LogP contribution in [0.3, 0.4) is 0 Å². The Morgan fingerprint density at radius 1 is 1.06 bits per heavy atom. The van der Waals surface area contributed by atoms with Gasteiger partial charge in [0.15, 0.2) is 0 Å². The first-order valence-corrected chi connectivity index (χ1v) is 11.7. The lowest BCUT2D eigenvalue weighted by Gasteiger charge is -2.26. The van der Waals surface area contributed by atoms with Gasteiger partial charge in [0.25, 0.3) is 11.1 Å². The number of nitrogens with zero attached hydrogens (tertiary/aromatic N) is 3. The third kappa shape index (κ3) is 6.01. The Balaban J connectivity index is 1.62. The van der Waals surface area contributed by atoms with Gasteiger partial charge >= 0.3 is 0 Å². The van der Waals surface area contributed by atoms with E-state index in [9.17, 15) is 18.4 Å². The van der Waals surface area contributed by atoms with Crippen molar-refractivity contribution in [3.63, 3.8) is 0 Å². The van der Waals surface area contributed by atoms with Crippen LogP contribution >= 0.6 is 0 Å². The van der Waals surface area contributed by atoms with Crippen LogP contribution in [0.1, 0.15) is 43.1 Å². The summed E-state index contributed by atoms with van der Waals surface area (Å²) in [6, 6.07) is 2.89. The van der Waals surface area contributed by atoms with E-state index in [1.54, 1.807) is 12.4 Å². The average Bonchev–Trinajstić information content (AvgIpc) is 3.23. The molecule has 35 heavy (non-hydrogen) atoms. The van der Waals surface area contributed by atoms with Gasteiger partial charge in [-0.1, -0.05) is 13.8 Å². The van der Waals surface area contributed by atoms with Crippen LogP contribution < -0.4 is 21.8 Å². The van der Waals surface area contributed by atoms with Gasteiger partial charge in [0.05, 0.1) is 25.2 Å². The highest BCUT2D eigenvalue weighted by molar-refractivity contribution is 5.49. The molecule has 2 N–H and O–H groups in total. The number of aryl methyl sites for hydroxylation is 1. The fourth-order valence-electron chi connectivity index (χ4n) is 4.23. The van der Waals surface area contributed by atoms with Crippen molar-refractivity contribution in [1.82, 2.24) is 24.4 Å². The Bertz CT molecular complexity index is 1420. The summed E-state index contributed by atoms with van der Waals surface area (Å²) >= 11 is 0. The molecule has 0 aliphatic carbocycles. The molecule has 8 nitrogen and oxygen atoms in total. The highest BCUT2D eigenvalue weighted by Crippen LogP contribution is 2.20. The Hall–Kier alpha value is -3.37. The molecule has 0 spiro atoms. The molecule has 1 aromatic carbocycles. The van der Waals surface area contributed by atoms with Crippen molar-refractivity contribution in [2.75, 3.05) is 32.8 Å². The van der Waals surface area contributed by atoms with Gasteiger partial charge in [0.1, 0.15) is 22.3 Å². The second kappa shape index (κ2) is 10.9. The SMILES string of the molecule is CC(C)c1c(/C=c2\[nH]c(=O)/c(=C/c3cc(F)ccc3F)[nH]c2=O)ncn1CCCN1CCOCC1. The number of aromatic amines is 2. The van der Waals surface area contributed by atoms with Gasteiger partial charge in [-0.3, -0.25) is 14.5 Å². The van der Waals surface area contributed by atoms with E-state index in [0.29, 0.717) is 5.69 Å². The van der Waals surface area contributed by atoms with Gasteiger partial charge in [-0.2, -0.15) is 0 Å². The van der Waals surface area contributed by atoms with Gasteiger partial charge in [0.2, 0.25) is 0 Å². The molecule has 10 heteroatoms. The first kappa shape index (κ1) is 24.7. The first-order valence-electron chi connectivity index (χ1n) is 11.7. The highest BCUT2D eigenvalue weighted by atomic mass is 19.1. The Morgan fingerprint density at radius 2 is 1.74 bits per heavy atom. The largest absolute Gasteiger partial charge is 0.379 e. The van der Waals surface area contributed by atoms with Crippen LogP contribution in [0.15, 0.2) is 34.1 Å². The summed E-state index contributed by atoms with van der Waals surface area (Å²) in [5.74, 6) is -1.22. The van der Waals surface area contributed by atoms with Crippen LogP contribution in [0, 0.1) is 11.6 Å². The lowest BCUT2D eigenvalue weighted by molar-refractivity contribution is 0.0369. The number of aromatic nitrogens is 4. The van der Waals surface area contributed by atoms with Crippen molar-refractivity contribution in [3.8, 4) is 0 Å². The summed E-state index contributed by atoms with van der Waals surface area (Å²) in [7, 11) is 0. The first-order chi connectivity index (χ1) is 16.8. The minimum Gasteiger partial charge on any atom is -0.379 e. The summed E-state index contributed by atoms with van der Waals surface area (Å²) in [5.41, 5.74) is 0.228. The molecule has 4 rings (SSSR count). The van der Waals surface area contributed by atoms with E-state index in [1.165, 1.54) is 0 Å². The zero-order valence-corrected chi connectivity index (χ0v) is 19.8. The predicted octanol–water partition coefficient (Wildman–Crippen LogP) is 1.04. The molecule has 1 aliphatic heterocycles. The average molecular weight is 486 g/mol. The Morgan fingerprint density at radius 3 is 2.43 bits per heavy atom. The Kier molecular flexibility index (Phi) is 7.72. The molecule has 186 valence electrons. The number of imidazole rings is 1. The third-order valence-electron chi connectivity index (χ3n) is 5.96. The molecule has 0 saturated carbocycles. The van der Waals surface area contributed by atoms with Gasteiger partial charge in [-0.25, -0.2) is 13.8 Å². The van der Waals surface area contributed by atoms with Crippen molar-refractivity contribution >= 4 is 12.2 Å². The van der Waals surface area contributed by atoms with Crippen LogP contribution in [0.2, 0.25) is 0 Å². The Labute approximate surface area is 200 Å². The van der Waals surface area contributed by atoms with Crippen molar-refractivity contribution in [2.45, 2.75) is 32.7 Å². The van der Waals surface area contributed by atoms with Crippen LogP contribution in [-0.4, -0.2) is 57.3 Å². The standard InChI is InChI=1S/C25H29F2N5O3/c1-16(2)23-20(28-15-32(23)7-3-6-31-8-10-35-11-9-31)14-22-25(34)29-21(24(33)30-22)13-17-12-18(26)4-5-19(17)27/h4-5,12-16H,3,6-11H2,1-2H3,(H,29,34)(H,30,33)/b21-13-,22-14-. The third-order valence-corrected chi connectivity index (χ3v) is 5.96. The van der Waals surface area contributed by atoms with E-state index in [1.807, 2.05) is 13.8 Å². The van der Waals surface area contributed by atoms with Crippen molar-refractivity contribution < 1.29 is 13.5 Å². The molecule has 1 fully saturated rings. The number of nitrogens with one attached hydrogen (secondary N) is 2. The maximum atomic E-state index is 13.9. The predicted molar refractivity (Wildman–Crippen MR) is 129 cm³/mol. The molecule has 0 unspecified atom stereocenters. The van der Waals surface area contributed by atoms with Gasteiger partial charge < -0.3 is 19.3 Å². The number of benzene rings is 1. The summed E-state index contributed by atoms with van der Waals surface area (Å²) < 4.78 is 34.9. The summed E-state index contributed by atoms with van der Waals surface area (Å²) in [6.07, 6.45) is 5.35. The van der Waals surface area contributed by atoms with Gasteiger partial charge in [-0.15, -0.1) is 0 Å². The highest BCUT2D eigenvalue weighted by Gasteiger charge is 2.15. The summed E-state index contributed by atoms with van der Waals surface area (Å²) in [6.45, 7) is 9.26. The molecule has 0 amide bonds. The van der Waals surface area contributed by atoms with E-state index < -0.39 is 22.8 Å². The normalized spacial score (nSPS) is 15.9. The number of hydrogen-bond acceptors (Lipinski definition) is 5. The zero-order valence-electron chi connectivity index (χ0n) is 19.8. The second-order valence-corrected chi connectivity index (χ2v) is 8.86. The van der Waals surface area contributed by atoms with E-state index in [2.05, 4.69) is 24.4 Å². The number of rotatable bonds is 7. The number of halogens is 2. The van der Waals surface area contributed by atoms with Crippen molar-refractivity contribution in [3.05, 3.63) is 84.5 Å². The van der Waals surface area contributed by atoms with Crippen LogP contribution in [0.5, 0.6) is 0 Å². The molecule has 3 heterocycles.